The Morgan fingerprint density at radius 1 is 1.07 bits per heavy atom. The minimum absolute atomic E-state index is 0.260. The maximum absolute atomic E-state index is 10.5. The third-order valence-corrected chi connectivity index (χ3v) is 5.10. The zero-order valence-corrected chi connectivity index (χ0v) is 16.4. The lowest BCUT2D eigenvalue weighted by Crippen LogP contribution is -3.13. The lowest BCUT2D eigenvalue weighted by atomic mass is 10.1. The van der Waals surface area contributed by atoms with Crippen molar-refractivity contribution in [3.63, 3.8) is 0 Å². The van der Waals surface area contributed by atoms with Crippen molar-refractivity contribution in [3.8, 4) is 17.2 Å². The maximum Gasteiger partial charge on any atom is 0.166 e. The van der Waals surface area contributed by atoms with Crippen molar-refractivity contribution in [2.75, 3.05) is 45.3 Å². The number of ether oxygens (including phenoxy) is 2. The number of anilines is 1. The second-order valence-electron chi connectivity index (χ2n) is 6.84. The normalized spacial score (nSPS) is 15.3. The number of quaternary nitrogens is 1. The van der Waals surface area contributed by atoms with Gasteiger partial charge in [0, 0.05) is 5.69 Å². The monoisotopic (exact) mass is 369 g/mol. The number of benzene rings is 2. The molecule has 2 aromatic carbocycles. The van der Waals surface area contributed by atoms with Gasteiger partial charge in [-0.25, -0.2) is 0 Å². The van der Waals surface area contributed by atoms with E-state index in [1.54, 1.807) is 14.2 Å². The lowest BCUT2D eigenvalue weighted by Gasteiger charge is -2.34. The third-order valence-electron chi connectivity index (χ3n) is 5.10. The van der Waals surface area contributed by atoms with E-state index in [4.69, 9.17) is 9.47 Å². The molecule has 0 bridgehead atoms. The van der Waals surface area contributed by atoms with Crippen molar-refractivity contribution < 1.29 is 19.5 Å². The molecule has 0 aromatic heterocycles. The van der Waals surface area contributed by atoms with Gasteiger partial charge in [0.05, 0.1) is 46.0 Å². The first-order valence-electron chi connectivity index (χ1n) is 9.39. The minimum Gasteiger partial charge on any atom is -0.504 e. The van der Waals surface area contributed by atoms with Crippen LogP contribution in [0.2, 0.25) is 0 Å². The average Bonchev–Trinajstić information content (AvgIpc) is 2.71. The quantitative estimate of drug-likeness (QED) is 0.821. The van der Waals surface area contributed by atoms with E-state index in [0.717, 1.165) is 49.6 Å². The van der Waals surface area contributed by atoms with Crippen LogP contribution in [0, 0.1) is 0 Å². The Bertz CT molecular complexity index is 779. The summed E-state index contributed by atoms with van der Waals surface area (Å²) < 4.78 is 10.6. The number of hydrogen-bond donors (Lipinski definition) is 2. The second-order valence-corrected chi connectivity index (χ2v) is 6.84. The Morgan fingerprint density at radius 3 is 2.37 bits per heavy atom. The first-order chi connectivity index (χ1) is 13.1. The highest BCUT2D eigenvalue weighted by atomic mass is 16.5. The molecule has 1 aliphatic rings. The molecular formula is C22H29N2O3+. The SMILES string of the molecule is C/C=C/c1cc(C[NH+]2CCN(c3ccc(OC)cc3)CC2)c(O)c(OC)c1. The topological polar surface area (TPSA) is 46.4 Å². The number of phenols is 1. The number of phenolic OH excluding ortho intramolecular Hbond substituents is 1. The summed E-state index contributed by atoms with van der Waals surface area (Å²) in [7, 11) is 3.28. The van der Waals surface area contributed by atoms with E-state index < -0.39 is 0 Å². The molecule has 5 heteroatoms. The molecule has 27 heavy (non-hydrogen) atoms. The fourth-order valence-corrected chi connectivity index (χ4v) is 3.59. The molecule has 3 rings (SSSR count). The van der Waals surface area contributed by atoms with Crippen molar-refractivity contribution in [1.29, 1.82) is 0 Å². The van der Waals surface area contributed by atoms with Gasteiger partial charge in [-0.1, -0.05) is 12.2 Å². The summed E-state index contributed by atoms with van der Waals surface area (Å²) in [5.74, 6) is 1.68. The van der Waals surface area contributed by atoms with E-state index in [2.05, 4.69) is 23.1 Å². The number of piperazine rings is 1. The fraction of sp³-hybridized carbons (Fsp3) is 0.364. The molecule has 5 nitrogen and oxygen atoms in total. The van der Waals surface area contributed by atoms with E-state index >= 15 is 0 Å². The third kappa shape index (κ3) is 4.55. The molecule has 1 aliphatic heterocycles. The van der Waals surface area contributed by atoms with Crippen molar-refractivity contribution in [3.05, 3.63) is 53.6 Å². The Hall–Kier alpha value is -2.66. The number of hydrogen-bond acceptors (Lipinski definition) is 4. The Labute approximate surface area is 161 Å². The van der Waals surface area contributed by atoms with Crippen LogP contribution in [0.1, 0.15) is 18.1 Å². The van der Waals surface area contributed by atoms with E-state index in [9.17, 15) is 5.11 Å². The average molecular weight is 369 g/mol. The van der Waals surface area contributed by atoms with Crippen LogP contribution in [0.4, 0.5) is 5.69 Å². The maximum atomic E-state index is 10.5. The highest BCUT2D eigenvalue weighted by Gasteiger charge is 2.22. The van der Waals surface area contributed by atoms with Gasteiger partial charge >= 0.3 is 0 Å². The lowest BCUT2D eigenvalue weighted by molar-refractivity contribution is -0.914. The summed E-state index contributed by atoms with van der Waals surface area (Å²) in [6.45, 7) is 6.83. The highest BCUT2D eigenvalue weighted by molar-refractivity contribution is 5.58. The van der Waals surface area contributed by atoms with Crippen LogP contribution in [-0.4, -0.2) is 45.5 Å². The van der Waals surface area contributed by atoms with Crippen LogP contribution < -0.4 is 19.3 Å². The Kier molecular flexibility index (Phi) is 6.24. The van der Waals surface area contributed by atoms with Crippen LogP contribution in [0.5, 0.6) is 17.2 Å². The summed E-state index contributed by atoms with van der Waals surface area (Å²) in [4.78, 5) is 3.87. The molecule has 2 N–H and O–H groups in total. The predicted octanol–water partition coefficient (Wildman–Crippen LogP) is 2.35. The van der Waals surface area contributed by atoms with Crippen molar-refractivity contribution in [2.45, 2.75) is 13.5 Å². The van der Waals surface area contributed by atoms with Gasteiger partial charge in [-0.05, 0) is 48.9 Å². The van der Waals surface area contributed by atoms with Crippen LogP contribution in [0.3, 0.4) is 0 Å². The molecule has 1 heterocycles. The summed E-state index contributed by atoms with van der Waals surface area (Å²) in [5, 5.41) is 10.5. The van der Waals surface area contributed by atoms with Gasteiger partial charge in [-0.3, -0.25) is 0 Å². The van der Waals surface area contributed by atoms with Crippen LogP contribution in [0.25, 0.3) is 6.08 Å². The molecular weight excluding hydrogens is 340 g/mol. The number of aromatic hydroxyl groups is 1. The largest absolute Gasteiger partial charge is 0.504 e. The van der Waals surface area contributed by atoms with Gasteiger partial charge in [0.1, 0.15) is 12.3 Å². The standard InChI is InChI=1S/C22H28N2O3/c1-4-5-17-14-18(22(25)21(15-17)27-3)16-23-10-12-24(13-11-23)19-6-8-20(26-2)9-7-19/h4-9,14-15,25H,10-13,16H2,1-3H3/p+1/b5-4+. The van der Waals surface area contributed by atoms with Gasteiger partial charge < -0.3 is 24.4 Å². The van der Waals surface area contributed by atoms with Crippen molar-refractivity contribution >= 4 is 11.8 Å². The Morgan fingerprint density at radius 2 is 1.78 bits per heavy atom. The summed E-state index contributed by atoms with van der Waals surface area (Å²) in [5.41, 5.74) is 3.23. The molecule has 1 saturated heterocycles. The number of rotatable bonds is 6. The zero-order valence-electron chi connectivity index (χ0n) is 16.4. The predicted molar refractivity (Wildman–Crippen MR) is 109 cm³/mol. The molecule has 2 aromatic rings. The van der Waals surface area contributed by atoms with Crippen LogP contribution in [-0.2, 0) is 6.54 Å². The van der Waals surface area contributed by atoms with Gasteiger partial charge in [0.25, 0.3) is 0 Å². The molecule has 144 valence electrons. The summed E-state index contributed by atoms with van der Waals surface area (Å²) >= 11 is 0. The molecule has 0 amide bonds. The van der Waals surface area contributed by atoms with Crippen molar-refractivity contribution in [2.24, 2.45) is 0 Å². The van der Waals surface area contributed by atoms with E-state index in [-0.39, 0.29) is 5.75 Å². The smallest absolute Gasteiger partial charge is 0.166 e. The zero-order chi connectivity index (χ0) is 19.2. The van der Waals surface area contributed by atoms with Crippen LogP contribution >= 0.6 is 0 Å². The van der Waals surface area contributed by atoms with Crippen molar-refractivity contribution in [1.82, 2.24) is 0 Å². The Balaban J connectivity index is 1.65. The fourth-order valence-electron chi connectivity index (χ4n) is 3.59. The van der Waals surface area contributed by atoms with Crippen LogP contribution in [0.15, 0.2) is 42.5 Å². The van der Waals surface area contributed by atoms with E-state index in [0.29, 0.717) is 5.75 Å². The van der Waals surface area contributed by atoms with Gasteiger partial charge in [0.2, 0.25) is 0 Å². The van der Waals surface area contributed by atoms with E-state index in [1.165, 1.54) is 10.6 Å². The molecule has 1 fully saturated rings. The first kappa shape index (κ1) is 19.1. The number of nitrogens with zero attached hydrogens (tertiary/aromatic N) is 1. The molecule has 0 saturated carbocycles. The summed E-state index contributed by atoms with van der Waals surface area (Å²) in [6, 6.07) is 12.2. The number of nitrogens with one attached hydrogen (secondary N) is 1. The molecule has 0 aliphatic carbocycles. The molecule has 0 spiro atoms. The second kappa shape index (κ2) is 8.82. The van der Waals surface area contributed by atoms with Gasteiger partial charge in [-0.2, -0.15) is 0 Å². The van der Waals surface area contributed by atoms with E-state index in [1.807, 2.05) is 37.3 Å². The number of methoxy groups -OCH3 is 2. The molecule has 0 atom stereocenters. The van der Waals surface area contributed by atoms with Gasteiger partial charge in [-0.15, -0.1) is 0 Å². The molecule has 0 radical (unpaired) electrons. The first-order valence-corrected chi connectivity index (χ1v) is 9.39. The molecule has 0 unspecified atom stereocenters. The van der Waals surface area contributed by atoms with Gasteiger partial charge in [0.15, 0.2) is 11.5 Å². The summed E-state index contributed by atoms with van der Waals surface area (Å²) in [6.07, 6.45) is 4.03. The highest BCUT2D eigenvalue weighted by Crippen LogP contribution is 2.31. The minimum atomic E-state index is 0.260. The number of allylic oxidation sites excluding steroid dienone is 1.